The summed E-state index contributed by atoms with van der Waals surface area (Å²) < 4.78 is 5.59. The van der Waals surface area contributed by atoms with Gasteiger partial charge in [-0.15, -0.1) is 0 Å². The second-order valence-corrected chi connectivity index (χ2v) is 14.0. The van der Waals surface area contributed by atoms with Crippen molar-refractivity contribution in [1.82, 2.24) is 16.0 Å². The summed E-state index contributed by atoms with van der Waals surface area (Å²) in [4.78, 5) is 54.3. The first-order valence-corrected chi connectivity index (χ1v) is 16.9. The molecule has 0 spiro atoms. The zero-order valence-electron chi connectivity index (χ0n) is 29.3. The van der Waals surface area contributed by atoms with Gasteiger partial charge in [0.05, 0.1) is 6.10 Å². The van der Waals surface area contributed by atoms with Crippen LogP contribution in [-0.4, -0.2) is 58.2 Å². The molecule has 0 fully saturated rings. The molecule has 3 aromatic rings. The number of aryl methyl sites for hydroxylation is 1. The van der Waals surface area contributed by atoms with Crippen LogP contribution in [0.2, 0.25) is 0 Å². The summed E-state index contributed by atoms with van der Waals surface area (Å²) in [5.74, 6) is -2.12. The molecule has 0 aliphatic rings. The van der Waals surface area contributed by atoms with Crippen LogP contribution < -0.4 is 21.7 Å². The maximum atomic E-state index is 14.6. The molecule has 6 N–H and O–H groups in total. The van der Waals surface area contributed by atoms with Crippen molar-refractivity contribution in [2.75, 3.05) is 0 Å². The van der Waals surface area contributed by atoms with E-state index in [4.69, 9.17) is 10.5 Å². The number of rotatable bonds is 17. The number of alkyl carbamates (subject to hydrolysis) is 1. The van der Waals surface area contributed by atoms with Crippen molar-refractivity contribution in [1.29, 1.82) is 0 Å². The van der Waals surface area contributed by atoms with Crippen LogP contribution >= 0.6 is 0 Å². The van der Waals surface area contributed by atoms with Gasteiger partial charge in [-0.25, -0.2) is 4.79 Å². The van der Waals surface area contributed by atoms with E-state index in [0.29, 0.717) is 18.4 Å². The van der Waals surface area contributed by atoms with Crippen LogP contribution in [0, 0.1) is 5.92 Å². The van der Waals surface area contributed by atoms with E-state index in [1.807, 2.05) is 80.6 Å². The summed E-state index contributed by atoms with van der Waals surface area (Å²) in [5, 5.41) is 20.3. The molecule has 0 saturated carbocycles. The Hall–Kier alpha value is -4.70. The van der Waals surface area contributed by atoms with Crippen molar-refractivity contribution in [3.8, 4) is 0 Å². The Morgan fingerprint density at radius 1 is 0.776 bits per heavy atom. The van der Waals surface area contributed by atoms with Gasteiger partial charge in [0.25, 0.3) is 0 Å². The van der Waals surface area contributed by atoms with E-state index in [9.17, 15) is 24.3 Å². The summed E-state index contributed by atoms with van der Waals surface area (Å²) in [5.41, 5.74) is 5.42. The number of nitrogens with one attached hydrogen (secondary N) is 3. The molecule has 0 saturated heterocycles. The fraction of sp³-hybridized carbons (Fsp3) is 0.436. The highest BCUT2D eigenvalue weighted by molar-refractivity contribution is 5.96. The zero-order valence-corrected chi connectivity index (χ0v) is 29.3. The molecule has 0 heterocycles. The largest absolute Gasteiger partial charge is 0.444 e. The third-order valence-corrected chi connectivity index (χ3v) is 8.08. The Morgan fingerprint density at radius 2 is 1.31 bits per heavy atom. The molecule has 4 amide bonds. The highest BCUT2D eigenvalue weighted by Gasteiger charge is 2.48. The summed E-state index contributed by atoms with van der Waals surface area (Å²) in [6, 6.07) is 25.8. The highest BCUT2D eigenvalue weighted by Crippen LogP contribution is 2.25. The quantitative estimate of drug-likeness (QED) is 0.141. The van der Waals surface area contributed by atoms with Gasteiger partial charge in [-0.05, 0) is 69.1 Å². The average molecular weight is 673 g/mol. The number of aliphatic hydroxyl groups excluding tert-OH is 1. The normalized spacial score (nSPS) is 14.5. The van der Waals surface area contributed by atoms with Gasteiger partial charge in [0.1, 0.15) is 17.7 Å². The third-order valence-electron chi connectivity index (χ3n) is 8.08. The van der Waals surface area contributed by atoms with Crippen LogP contribution in [0.5, 0.6) is 0 Å². The Morgan fingerprint density at radius 3 is 1.82 bits per heavy atom. The average Bonchev–Trinajstić information content (AvgIpc) is 3.04. The third kappa shape index (κ3) is 12.7. The zero-order chi connectivity index (χ0) is 36.0. The van der Waals surface area contributed by atoms with Crippen LogP contribution in [0.25, 0.3) is 0 Å². The number of nitrogens with two attached hydrogens (primary N) is 1. The summed E-state index contributed by atoms with van der Waals surface area (Å²) in [6.07, 6.45) is -0.644. The van der Waals surface area contributed by atoms with Gasteiger partial charge in [0.15, 0.2) is 5.54 Å². The predicted molar refractivity (Wildman–Crippen MR) is 190 cm³/mol. The smallest absolute Gasteiger partial charge is 0.408 e. The lowest BCUT2D eigenvalue weighted by molar-refractivity contribution is -0.137. The van der Waals surface area contributed by atoms with E-state index < -0.39 is 53.1 Å². The maximum Gasteiger partial charge on any atom is 0.408 e. The van der Waals surface area contributed by atoms with E-state index in [1.54, 1.807) is 45.0 Å². The minimum atomic E-state index is -1.93. The molecule has 0 bridgehead atoms. The van der Waals surface area contributed by atoms with Crippen LogP contribution in [0.1, 0.15) is 70.6 Å². The topological polar surface area (TPSA) is 160 Å². The lowest BCUT2D eigenvalue weighted by Crippen LogP contribution is -2.69. The molecule has 0 aliphatic carbocycles. The summed E-state index contributed by atoms with van der Waals surface area (Å²) in [6.45, 7) is 8.91. The molecule has 10 heteroatoms. The van der Waals surface area contributed by atoms with E-state index in [-0.39, 0.29) is 31.6 Å². The molecule has 49 heavy (non-hydrogen) atoms. The highest BCUT2D eigenvalue weighted by atomic mass is 16.6. The molecular formula is C39H52N4O6. The van der Waals surface area contributed by atoms with Gasteiger partial charge in [-0.2, -0.15) is 0 Å². The molecule has 10 nitrogen and oxygen atoms in total. The standard InChI is InChI=1S/C39H52N4O6/c1-27(2)24-32(35(46)41-31(34(40)45)25-29-18-11-7-12-19-29)42-36(47)39(26-30-20-13-8-14-21-30,43-37(48)49-38(3,4)5)33(44)23-15-22-28-16-9-6-10-17-28/h6-14,16-21,27,31-33,44H,15,22-26H2,1-5H3,(H2,40,45)(H,41,46)(H,42,47)(H,43,48)/t31-,32?,33+,39-/m0/s1. The molecule has 1 unspecified atom stereocenters. The second-order valence-electron chi connectivity index (χ2n) is 14.0. The molecule has 3 rings (SSSR count). The number of carbonyl (C=O) groups excluding carboxylic acids is 4. The van der Waals surface area contributed by atoms with Crippen molar-refractivity contribution in [3.05, 3.63) is 108 Å². The van der Waals surface area contributed by atoms with Gasteiger partial charge >= 0.3 is 6.09 Å². The van der Waals surface area contributed by atoms with Gasteiger partial charge < -0.3 is 31.5 Å². The van der Waals surface area contributed by atoms with Crippen molar-refractivity contribution in [3.63, 3.8) is 0 Å². The second kappa shape index (κ2) is 18.2. The van der Waals surface area contributed by atoms with Gasteiger partial charge in [-0.3, -0.25) is 14.4 Å². The fourth-order valence-electron chi connectivity index (χ4n) is 5.66. The summed E-state index contributed by atoms with van der Waals surface area (Å²) in [7, 11) is 0. The first kappa shape index (κ1) is 38.7. The minimum absolute atomic E-state index is 0.0460. The Bertz CT molecular complexity index is 1490. The number of aliphatic hydroxyl groups is 1. The fourth-order valence-corrected chi connectivity index (χ4v) is 5.66. The molecule has 264 valence electrons. The molecule has 3 aromatic carbocycles. The number of hydrogen-bond donors (Lipinski definition) is 5. The Kier molecular flexibility index (Phi) is 14.4. The minimum Gasteiger partial charge on any atom is -0.444 e. The number of hydrogen-bond acceptors (Lipinski definition) is 6. The Balaban J connectivity index is 1.98. The molecule has 0 aliphatic heterocycles. The molecule has 0 aromatic heterocycles. The molecule has 4 atom stereocenters. The number of ether oxygens (including phenoxy) is 1. The number of carbonyl (C=O) groups is 4. The molecular weight excluding hydrogens is 620 g/mol. The van der Waals surface area contributed by atoms with Crippen LogP contribution in [-0.2, 0) is 38.4 Å². The number of benzene rings is 3. The summed E-state index contributed by atoms with van der Waals surface area (Å²) >= 11 is 0. The van der Waals surface area contributed by atoms with Crippen LogP contribution in [0.15, 0.2) is 91.0 Å². The van der Waals surface area contributed by atoms with Crippen LogP contribution in [0.3, 0.4) is 0 Å². The van der Waals surface area contributed by atoms with E-state index in [1.165, 1.54) is 0 Å². The number of amides is 4. The van der Waals surface area contributed by atoms with E-state index in [0.717, 1.165) is 11.1 Å². The molecule has 0 radical (unpaired) electrons. The predicted octanol–water partition coefficient (Wildman–Crippen LogP) is 4.62. The lowest BCUT2D eigenvalue weighted by Gasteiger charge is -2.39. The van der Waals surface area contributed by atoms with Gasteiger partial charge in [0.2, 0.25) is 17.7 Å². The first-order chi connectivity index (χ1) is 23.2. The first-order valence-electron chi connectivity index (χ1n) is 16.9. The van der Waals surface area contributed by atoms with Crippen LogP contribution in [0.4, 0.5) is 4.79 Å². The van der Waals surface area contributed by atoms with Crippen molar-refractivity contribution >= 4 is 23.8 Å². The Labute approximate surface area is 290 Å². The van der Waals surface area contributed by atoms with Gasteiger partial charge in [-0.1, -0.05) is 105 Å². The van der Waals surface area contributed by atoms with E-state index in [2.05, 4.69) is 16.0 Å². The van der Waals surface area contributed by atoms with Gasteiger partial charge in [0, 0.05) is 12.8 Å². The lowest BCUT2D eigenvalue weighted by atomic mass is 9.81. The number of primary amides is 1. The van der Waals surface area contributed by atoms with Crippen molar-refractivity contribution in [2.24, 2.45) is 11.7 Å². The maximum absolute atomic E-state index is 14.6. The van der Waals surface area contributed by atoms with Crippen molar-refractivity contribution in [2.45, 2.75) is 102 Å². The van der Waals surface area contributed by atoms with Crippen molar-refractivity contribution < 1.29 is 29.0 Å². The van der Waals surface area contributed by atoms with E-state index >= 15 is 0 Å². The SMILES string of the molecule is CC(C)CC(NC(=O)[C@@](Cc1ccccc1)(NC(=O)OC(C)(C)C)[C@H](O)CCCc1ccccc1)C(=O)N[C@@H](Cc1ccccc1)C(N)=O. The monoisotopic (exact) mass is 672 g/mol.